The smallest absolute Gasteiger partial charge is 0.0841 e. The van der Waals surface area contributed by atoms with Crippen molar-refractivity contribution in [3.8, 4) is 0 Å². The topological polar surface area (TPSA) is 50.1 Å². The second-order valence-corrected chi connectivity index (χ2v) is 6.25. The van der Waals surface area contributed by atoms with Crippen LogP contribution in [-0.2, 0) is 13.1 Å². The summed E-state index contributed by atoms with van der Waals surface area (Å²) < 4.78 is 2.06. The van der Waals surface area contributed by atoms with E-state index in [0.29, 0.717) is 6.61 Å². The van der Waals surface area contributed by atoms with Crippen molar-refractivity contribution in [1.82, 2.24) is 15.1 Å². The number of aromatic nitrogens is 2. The molecule has 1 aromatic heterocycles. The van der Waals surface area contributed by atoms with Crippen molar-refractivity contribution in [3.63, 3.8) is 0 Å². The monoisotopic (exact) mass is 287 g/mol. The highest BCUT2D eigenvalue weighted by atomic mass is 16.3. The summed E-state index contributed by atoms with van der Waals surface area (Å²) in [4.78, 5) is 0. The molecule has 1 aliphatic carbocycles. The molecule has 4 heteroatoms. The van der Waals surface area contributed by atoms with Crippen LogP contribution in [0.1, 0.15) is 38.3 Å². The molecule has 1 heterocycles. The first kappa shape index (κ1) is 14.5. The van der Waals surface area contributed by atoms with E-state index in [9.17, 15) is 5.11 Å². The molecule has 2 aromatic rings. The second-order valence-electron chi connectivity index (χ2n) is 6.25. The van der Waals surface area contributed by atoms with Gasteiger partial charge in [-0.3, -0.25) is 4.68 Å². The van der Waals surface area contributed by atoms with E-state index in [2.05, 4.69) is 41.2 Å². The zero-order valence-corrected chi connectivity index (χ0v) is 12.8. The predicted molar refractivity (Wildman–Crippen MR) is 85.1 cm³/mol. The lowest BCUT2D eigenvalue weighted by atomic mass is 9.87. The van der Waals surface area contributed by atoms with Crippen LogP contribution >= 0.6 is 0 Å². The van der Waals surface area contributed by atoms with Gasteiger partial charge >= 0.3 is 0 Å². The van der Waals surface area contributed by atoms with E-state index < -0.39 is 0 Å². The highest BCUT2D eigenvalue weighted by Crippen LogP contribution is 2.37. The molecule has 0 atom stereocenters. The summed E-state index contributed by atoms with van der Waals surface area (Å²) in [6.45, 7) is 4.97. The highest BCUT2D eigenvalue weighted by molar-refractivity contribution is 5.81. The van der Waals surface area contributed by atoms with Gasteiger partial charge in [0.25, 0.3) is 0 Å². The molecule has 0 bridgehead atoms. The van der Waals surface area contributed by atoms with Crippen molar-refractivity contribution >= 4 is 10.9 Å². The number of aliphatic hydroxyl groups excluding tert-OH is 1. The standard InChI is InChI=1S/C17H25N3O/c1-2-20-16-8-4-3-7-14(16)15(19-20)11-18-12-17(13-21)9-5-6-10-17/h3-4,7-8,18,21H,2,5-6,9-13H2,1H3. The zero-order valence-electron chi connectivity index (χ0n) is 12.8. The minimum Gasteiger partial charge on any atom is -0.396 e. The highest BCUT2D eigenvalue weighted by Gasteiger charge is 2.32. The molecule has 0 amide bonds. The van der Waals surface area contributed by atoms with Gasteiger partial charge < -0.3 is 10.4 Å². The van der Waals surface area contributed by atoms with E-state index in [4.69, 9.17) is 5.10 Å². The Kier molecular flexibility index (Phi) is 4.27. The first-order chi connectivity index (χ1) is 10.3. The second kappa shape index (κ2) is 6.16. The SMILES string of the molecule is CCn1nc(CNCC2(CO)CCCC2)c2ccccc21. The molecule has 0 aliphatic heterocycles. The Bertz CT molecular complexity index is 599. The van der Waals surface area contributed by atoms with Gasteiger partial charge in [0.15, 0.2) is 0 Å². The number of para-hydroxylation sites is 1. The van der Waals surface area contributed by atoms with E-state index in [1.165, 1.54) is 23.7 Å². The van der Waals surface area contributed by atoms with Crippen LogP contribution in [0.5, 0.6) is 0 Å². The van der Waals surface area contributed by atoms with Crippen molar-refractivity contribution < 1.29 is 5.11 Å². The van der Waals surface area contributed by atoms with Crippen LogP contribution in [0.2, 0.25) is 0 Å². The number of nitrogens with zero attached hydrogens (tertiary/aromatic N) is 2. The fraction of sp³-hybridized carbons (Fsp3) is 0.588. The molecule has 1 saturated carbocycles. The molecule has 3 rings (SSSR count). The van der Waals surface area contributed by atoms with Gasteiger partial charge in [-0.15, -0.1) is 0 Å². The van der Waals surface area contributed by atoms with Gasteiger partial charge in [-0.05, 0) is 25.8 Å². The Morgan fingerprint density at radius 3 is 2.76 bits per heavy atom. The Labute approximate surface area is 126 Å². The minimum absolute atomic E-state index is 0.100. The molecule has 1 aliphatic rings. The quantitative estimate of drug-likeness (QED) is 0.859. The van der Waals surface area contributed by atoms with Crippen LogP contribution in [0.3, 0.4) is 0 Å². The summed E-state index contributed by atoms with van der Waals surface area (Å²) in [7, 11) is 0. The molecule has 0 unspecified atom stereocenters. The summed E-state index contributed by atoms with van der Waals surface area (Å²) in [6.07, 6.45) is 4.77. The van der Waals surface area contributed by atoms with Gasteiger partial charge in [-0.1, -0.05) is 31.0 Å². The lowest BCUT2D eigenvalue weighted by molar-refractivity contribution is 0.128. The van der Waals surface area contributed by atoms with Gasteiger partial charge in [0.2, 0.25) is 0 Å². The molecule has 1 fully saturated rings. The maximum Gasteiger partial charge on any atom is 0.0841 e. The molecule has 0 radical (unpaired) electrons. The molecule has 0 spiro atoms. The zero-order chi connectivity index (χ0) is 14.7. The summed E-state index contributed by atoms with van der Waals surface area (Å²) in [5.41, 5.74) is 2.41. The van der Waals surface area contributed by atoms with E-state index in [0.717, 1.165) is 38.2 Å². The summed E-state index contributed by atoms with van der Waals surface area (Å²) in [5.74, 6) is 0. The van der Waals surface area contributed by atoms with Crippen molar-refractivity contribution in [1.29, 1.82) is 0 Å². The average molecular weight is 287 g/mol. The third-order valence-electron chi connectivity index (χ3n) is 4.83. The van der Waals surface area contributed by atoms with Gasteiger partial charge in [-0.2, -0.15) is 5.10 Å². The lowest BCUT2D eigenvalue weighted by Crippen LogP contribution is -2.34. The maximum atomic E-state index is 9.67. The third-order valence-corrected chi connectivity index (χ3v) is 4.83. The number of fused-ring (bicyclic) bond motifs is 1. The minimum atomic E-state index is 0.100. The molecule has 1 aromatic carbocycles. The van der Waals surface area contributed by atoms with Crippen molar-refractivity contribution in [2.45, 2.75) is 45.7 Å². The maximum absolute atomic E-state index is 9.67. The first-order valence-electron chi connectivity index (χ1n) is 8.04. The van der Waals surface area contributed by atoms with E-state index in [1.807, 2.05) is 0 Å². The van der Waals surface area contributed by atoms with Gasteiger partial charge in [0.1, 0.15) is 0 Å². The van der Waals surface area contributed by atoms with E-state index >= 15 is 0 Å². The van der Waals surface area contributed by atoms with Crippen LogP contribution in [0.4, 0.5) is 0 Å². The first-order valence-corrected chi connectivity index (χ1v) is 8.04. The number of aryl methyl sites for hydroxylation is 1. The predicted octanol–water partition coefficient (Wildman–Crippen LogP) is 2.70. The molecule has 4 nitrogen and oxygen atoms in total. The van der Waals surface area contributed by atoms with Crippen LogP contribution in [0.25, 0.3) is 10.9 Å². The van der Waals surface area contributed by atoms with Gasteiger partial charge in [0.05, 0.1) is 11.2 Å². The molecule has 0 saturated heterocycles. The summed E-state index contributed by atoms with van der Waals surface area (Å²) in [6, 6.07) is 8.40. The number of benzene rings is 1. The Morgan fingerprint density at radius 1 is 1.29 bits per heavy atom. The number of hydrogen-bond donors (Lipinski definition) is 2. The van der Waals surface area contributed by atoms with Crippen molar-refractivity contribution in [2.24, 2.45) is 5.41 Å². The molecular weight excluding hydrogens is 262 g/mol. The molecule has 114 valence electrons. The average Bonchev–Trinajstić information content (AvgIpc) is 3.13. The third kappa shape index (κ3) is 2.83. The van der Waals surface area contributed by atoms with Crippen LogP contribution < -0.4 is 5.32 Å². The fourth-order valence-corrected chi connectivity index (χ4v) is 3.53. The largest absolute Gasteiger partial charge is 0.396 e. The Balaban J connectivity index is 1.71. The molecule has 2 N–H and O–H groups in total. The van der Waals surface area contributed by atoms with Gasteiger partial charge in [-0.25, -0.2) is 0 Å². The van der Waals surface area contributed by atoms with Crippen LogP contribution in [0, 0.1) is 5.41 Å². The molecule has 21 heavy (non-hydrogen) atoms. The Hall–Kier alpha value is -1.39. The van der Waals surface area contributed by atoms with Crippen molar-refractivity contribution in [3.05, 3.63) is 30.0 Å². The number of aliphatic hydroxyl groups is 1. The van der Waals surface area contributed by atoms with Crippen molar-refractivity contribution in [2.75, 3.05) is 13.2 Å². The van der Waals surface area contributed by atoms with Crippen LogP contribution in [-0.4, -0.2) is 28.0 Å². The number of nitrogens with one attached hydrogen (secondary N) is 1. The fourth-order valence-electron chi connectivity index (χ4n) is 3.53. The molecular formula is C17H25N3O. The van der Waals surface area contributed by atoms with E-state index in [1.54, 1.807) is 0 Å². The number of rotatable bonds is 6. The summed E-state index contributed by atoms with van der Waals surface area (Å²) >= 11 is 0. The van der Waals surface area contributed by atoms with E-state index in [-0.39, 0.29) is 5.41 Å². The van der Waals surface area contributed by atoms with Gasteiger partial charge in [0, 0.05) is 37.0 Å². The normalized spacial score (nSPS) is 17.6. The summed E-state index contributed by atoms with van der Waals surface area (Å²) in [5, 5.41) is 19.1. The number of hydrogen-bond acceptors (Lipinski definition) is 3. The Morgan fingerprint density at radius 2 is 2.05 bits per heavy atom. The van der Waals surface area contributed by atoms with Crippen LogP contribution in [0.15, 0.2) is 24.3 Å². The lowest BCUT2D eigenvalue weighted by Gasteiger charge is -2.26.